The quantitative estimate of drug-likeness (QED) is 0.754. The van der Waals surface area contributed by atoms with Crippen molar-refractivity contribution < 1.29 is 9.50 Å². The van der Waals surface area contributed by atoms with E-state index in [9.17, 15) is 9.50 Å². The second-order valence-electron chi connectivity index (χ2n) is 5.41. The molecule has 2 N–H and O–H groups in total. The van der Waals surface area contributed by atoms with Gasteiger partial charge in [0.15, 0.2) is 5.82 Å². The highest BCUT2D eigenvalue weighted by atomic mass is 19.1. The van der Waals surface area contributed by atoms with Crippen molar-refractivity contribution in [3.8, 4) is 11.4 Å². The molecule has 0 amide bonds. The lowest BCUT2D eigenvalue weighted by Gasteiger charge is -2.13. The first-order chi connectivity index (χ1) is 11.6. The number of rotatable bonds is 5. The van der Waals surface area contributed by atoms with Gasteiger partial charge in [-0.2, -0.15) is 0 Å². The number of anilines is 1. The second-order valence-corrected chi connectivity index (χ2v) is 5.41. The van der Waals surface area contributed by atoms with Gasteiger partial charge < -0.3 is 10.4 Å². The maximum Gasteiger partial charge on any atom is 0.163 e. The van der Waals surface area contributed by atoms with Crippen LogP contribution in [0.4, 0.5) is 10.2 Å². The molecule has 1 atom stereocenters. The highest BCUT2D eigenvalue weighted by Crippen LogP contribution is 2.18. The fourth-order valence-corrected chi connectivity index (χ4v) is 2.29. The van der Waals surface area contributed by atoms with Crippen molar-refractivity contribution in [1.82, 2.24) is 15.0 Å². The molecule has 3 aromatic rings. The highest BCUT2D eigenvalue weighted by molar-refractivity contribution is 5.56. The van der Waals surface area contributed by atoms with Crippen LogP contribution in [0.1, 0.15) is 17.4 Å². The van der Waals surface area contributed by atoms with Gasteiger partial charge in [-0.15, -0.1) is 0 Å². The number of nitrogens with zero attached hydrogens (tertiary/aromatic N) is 3. The molecule has 24 heavy (non-hydrogen) atoms. The lowest BCUT2D eigenvalue weighted by Crippen LogP contribution is -2.13. The molecule has 0 saturated heterocycles. The molecule has 5 nitrogen and oxygen atoms in total. The van der Waals surface area contributed by atoms with E-state index in [0.717, 1.165) is 11.3 Å². The molecule has 0 aliphatic rings. The Bertz CT molecular complexity index is 809. The molecule has 122 valence electrons. The molecule has 0 spiro atoms. The standard InChI is InChI=1S/C18H17FN4O/c1-12-9-17(23-18(22-12)14-3-2-8-20-10-14)21-11-16(24)13-4-6-15(19)7-5-13/h2-10,16,24H,11H2,1H3,(H,21,22,23)/t16-/m1/s1. The van der Waals surface area contributed by atoms with Crippen molar-refractivity contribution in [2.75, 3.05) is 11.9 Å². The summed E-state index contributed by atoms with van der Waals surface area (Å²) < 4.78 is 12.9. The zero-order chi connectivity index (χ0) is 16.9. The van der Waals surface area contributed by atoms with Gasteiger partial charge in [-0.05, 0) is 36.8 Å². The molecule has 0 aliphatic carbocycles. The summed E-state index contributed by atoms with van der Waals surface area (Å²) >= 11 is 0. The minimum absolute atomic E-state index is 0.258. The SMILES string of the molecule is Cc1cc(NC[C@@H](O)c2ccc(F)cc2)nc(-c2cccnc2)n1. The molecule has 0 bridgehead atoms. The number of hydrogen-bond acceptors (Lipinski definition) is 5. The van der Waals surface area contributed by atoms with E-state index in [0.29, 0.717) is 17.2 Å². The van der Waals surface area contributed by atoms with Crippen molar-refractivity contribution in [3.63, 3.8) is 0 Å². The summed E-state index contributed by atoms with van der Waals surface area (Å²) in [5.74, 6) is 0.857. The predicted octanol–water partition coefficient (Wildman–Crippen LogP) is 3.13. The van der Waals surface area contributed by atoms with Gasteiger partial charge in [0.2, 0.25) is 0 Å². The van der Waals surface area contributed by atoms with Crippen LogP contribution in [0, 0.1) is 12.7 Å². The summed E-state index contributed by atoms with van der Waals surface area (Å²) in [6.07, 6.45) is 2.63. The third kappa shape index (κ3) is 3.91. The van der Waals surface area contributed by atoms with Crippen LogP contribution in [0.25, 0.3) is 11.4 Å². The molecular formula is C18H17FN4O. The molecule has 2 aromatic heterocycles. The number of benzene rings is 1. The lowest BCUT2D eigenvalue weighted by atomic mass is 10.1. The van der Waals surface area contributed by atoms with Gasteiger partial charge in [0, 0.05) is 36.3 Å². The van der Waals surface area contributed by atoms with Crippen molar-refractivity contribution >= 4 is 5.82 Å². The van der Waals surface area contributed by atoms with E-state index in [1.54, 1.807) is 30.6 Å². The molecule has 0 saturated carbocycles. The van der Waals surface area contributed by atoms with Gasteiger partial charge in [-0.25, -0.2) is 14.4 Å². The molecule has 0 fully saturated rings. The highest BCUT2D eigenvalue weighted by Gasteiger charge is 2.09. The Kier molecular flexibility index (Phi) is 4.77. The van der Waals surface area contributed by atoms with Crippen LogP contribution in [-0.2, 0) is 0 Å². The summed E-state index contributed by atoms with van der Waals surface area (Å²) in [4.78, 5) is 12.9. The first-order valence-electron chi connectivity index (χ1n) is 7.55. The first kappa shape index (κ1) is 16.0. The average Bonchev–Trinajstić information content (AvgIpc) is 2.60. The van der Waals surface area contributed by atoms with Crippen LogP contribution in [0.3, 0.4) is 0 Å². The Morgan fingerprint density at radius 3 is 2.67 bits per heavy atom. The number of aryl methyl sites for hydroxylation is 1. The summed E-state index contributed by atoms with van der Waals surface area (Å²) in [5.41, 5.74) is 2.27. The van der Waals surface area contributed by atoms with Gasteiger partial charge in [-0.1, -0.05) is 12.1 Å². The number of hydrogen-bond donors (Lipinski definition) is 2. The topological polar surface area (TPSA) is 70.9 Å². The molecule has 3 rings (SSSR count). The predicted molar refractivity (Wildman–Crippen MR) is 89.8 cm³/mol. The van der Waals surface area contributed by atoms with Crippen molar-refractivity contribution in [3.05, 3.63) is 71.9 Å². The van der Waals surface area contributed by atoms with Crippen molar-refractivity contribution in [1.29, 1.82) is 0 Å². The van der Waals surface area contributed by atoms with E-state index < -0.39 is 6.10 Å². The number of pyridine rings is 1. The molecular weight excluding hydrogens is 307 g/mol. The van der Waals surface area contributed by atoms with Crippen LogP contribution in [0.5, 0.6) is 0 Å². The van der Waals surface area contributed by atoms with E-state index in [2.05, 4.69) is 20.3 Å². The number of aliphatic hydroxyl groups excluding tert-OH is 1. The largest absolute Gasteiger partial charge is 0.387 e. The average molecular weight is 324 g/mol. The van der Waals surface area contributed by atoms with E-state index in [1.807, 2.05) is 19.1 Å². The van der Waals surface area contributed by atoms with Crippen molar-refractivity contribution in [2.45, 2.75) is 13.0 Å². The van der Waals surface area contributed by atoms with E-state index in [-0.39, 0.29) is 12.4 Å². The monoisotopic (exact) mass is 324 g/mol. The van der Waals surface area contributed by atoms with E-state index in [1.165, 1.54) is 12.1 Å². The van der Waals surface area contributed by atoms with Gasteiger partial charge in [0.1, 0.15) is 11.6 Å². The summed E-state index contributed by atoms with van der Waals surface area (Å²) in [5, 5.41) is 13.3. The second kappa shape index (κ2) is 7.14. The fourth-order valence-electron chi connectivity index (χ4n) is 2.29. The first-order valence-corrected chi connectivity index (χ1v) is 7.55. The number of nitrogens with one attached hydrogen (secondary N) is 1. The molecule has 6 heteroatoms. The smallest absolute Gasteiger partial charge is 0.163 e. The summed E-state index contributed by atoms with van der Waals surface area (Å²) in [6, 6.07) is 11.3. The Balaban J connectivity index is 1.73. The van der Waals surface area contributed by atoms with Crippen LogP contribution in [0.15, 0.2) is 54.9 Å². The maximum atomic E-state index is 12.9. The Hall–Kier alpha value is -2.86. The van der Waals surface area contributed by atoms with Gasteiger partial charge >= 0.3 is 0 Å². The van der Waals surface area contributed by atoms with E-state index in [4.69, 9.17) is 0 Å². The molecule has 0 unspecified atom stereocenters. The number of aliphatic hydroxyl groups is 1. The lowest BCUT2D eigenvalue weighted by molar-refractivity contribution is 0.191. The minimum atomic E-state index is -0.761. The summed E-state index contributed by atoms with van der Waals surface area (Å²) in [7, 11) is 0. The van der Waals surface area contributed by atoms with Crippen LogP contribution >= 0.6 is 0 Å². The normalized spacial score (nSPS) is 12.0. The number of aromatic nitrogens is 3. The molecule has 0 radical (unpaired) electrons. The van der Waals surface area contributed by atoms with Crippen LogP contribution in [-0.4, -0.2) is 26.6 Å². The molecule has 1 aromatic carbocycles. The van der Waals surface area contributed by atoms with Crippen molar-refractivity contribution in [2.24, 2.45) is 0 Å². The maximum absolute atomic E-state index is 12.9. The van der Waals surface area contributed by atoms with Gasteiger partial charge in [0.05, 0.1) is 6.10 Å². The third-order valence-corrected chi connectivity index (χ3v) is 3.51. The van der Waals surface area contributed by atoms with E-state index >= 15 is 0 Å². The zero-order valence-electron chi connectivity index (χ0n) is 13.1. The Labute approximate surface area is 139 Å². The van der Waals surface area contributed by atoms with Crippen LogP contribution in [0.2, 0.25) is 0 Å². The number of halogens is 1. The van der Waals surface area contributed by atoms with Gasteiger partial charge in [-0.3, -0.25) is 4.98 Å². The summed E-state index contributed by atoms with van der Waals surface area (Å²) in [6.45, 7) is 2.14. The molecule has 0 aliphatic heterocycles. The third-order valence-electron chi connectivity index (χ3n) is 3.51. The fraction of sp³-hybridized carbons (Fsp3) is 0.167. The van der Waals surface area contributed by atoms with Crippen LogP contribution < -0.4 is 5.32 Å². The Morgan fingerprint density at radius 1 is 1.17 bits per heavy atom. The Morgan fingerprint density at radius 2 is 1.96 bits per heavy atom. The molecule has 2 heterocycles. The minimum Gasteiger partial charge on any atom is -0.387 e. The van der Waals surface area contributed by atoms with Gasteiger partial charge in [0.25, 0.3) is 0 Å². The zero-order valence-corrected chi connectivity index (χ0v) is 13.1.